The maximum atomic E-state index is 13.1. The summed E-state index contributed by atoms with van der Waals surface area (Å²) in [5, 5.41) is 2.97. The summed E-state index contributed by atoms with van der Waals surface area (Å²) in [7, 11) is 1.51. The van der Waals surface area contributed by atoms with Gasteiger partial charge in [0.25, 0.3) is 0 Å². The molecule has 4 fully saturated rings. The Bertz CT molecular complexity index is 619. The summed E-state index contributed by atoms with van der Waals surface area (Å²) in [5.41, 5.74) is 0. The number of likely N-dealkylation sites (tertiary alicyclic amines) is 2. The summed E-state index contributed by atoms with van der Waals surface area (Å²) < 4.78 is 4.86. The van der Waals surface area contributed by atoms with Gasteiger partial charge in [0.2, 0.25) is 11.8 Å². The van der Waals surface area contributed by atoms with Crippen molar-refractivity contribution in [2.24, 2.45) is 11.8 Å². The van der Waals surface area contributed by atoms with Gasteiger partial charge < -0.3 is 24.8 Å². The van der Waals surface area contributed by atoms with Crippen LogP contribution in [0, 0.1) is 11.8 Å². The molecule has 28 heavy (non-hydrogen) atoms. The molecule has 4 aliphatic rings. The van der Waals surface area contributed by atoms with Crippen LogP contribution < -0.4 is 5.32 Å². The van der Waals surface area contributed by atoms with Crippen molar-refractivity contribution >= 4 is 17.8 Å². The van der Waals surface area contributed by atoms with Crippen LogP contribution in [0.1, 0.15) is 38.5 Å². The average Bonchev–Trinajstić information content (AvgIpc) is 2.69. The van der Waals surface area contributed by atoms with E-state index in [1.54, 1.807) is 0 Å². The lowest BCUT2D eigenvalue weighted by molar-refractivity contribution is -0.144. The molecular weight excluding hydrogens is 360 g/mol. The van der Waals surface area contributed by atoms with E-state index in [0.29, 0.717) is 43.3 Å². The Morgan fingerprint density at radius 2 is 1.89 bits per heavy atom. The minimum atomic E-state index is -0.0947. The Balaban J connectivity index is 1.30. The monoisotopic (exact) mass is 392 g/mol. The summed E-state index contributed by atoms with van der Waals surface area (Å²) in [4.78, 5) is 43.1. The van der Waals surface area contributed by atoms with Crippen LogP contribution in [0.2, 0.25) is 0 Å². The molecule has 0 aromatic heterocycles. The molecule has 0 aromatic rings. The van der Waals surface area contributed by atoms with Crippen molar-refractivity contribution in [3.05, 3.63) is 0 Å². The summed E-state index contributed by atoms with van der Waals surface area (Å²) >= 11 is 0. The van der Waals surface area contributed by atoms with E-state index in [0.717, 1.165) is 51.7 Å². The normalized spacial score (nSPS) is 30.8. The van der Waals surface area contributed by atoms with Crippen LogP contribution in [0.4, 0.5) is 4.79 Å². The maximum Gasteiger partial charge on any atom is 0.320 e. The molecule has 0 saturated carbocycles. The zero-order valence-corrected chi connectivity index (χ0v) is 16.8. The second-order valence-corrected chi connectivity index (χ2v) is 8.82. The largest absolute Gasteiger partial charge is 0.375 e. The lowest BCUT2D eigenvalue weighted by atomic mass is 9.76. The molecule has 0 aliphatic carbocycles. The number of hydrogen-bond donors (Lipinski definition) is 1. The zero-order valence-electron chi connectivity index (χ0n) is 16.8. The van der Waals surface area contributed by atoms with Gasteiger partial charge in [-0.1, -0.05) is 0 Å². The summed E-state index contributed by atoms with van der Waals surface area (Å²) in [6.07, 6.45) is 5.47. The Hall–Kier alpha value is -1.83. The third-order valence-electron chi connectivity index (χ3n) is 6.86. The van der Waals surface area contributed by atoms with Crippen LogP contribution in [-0.4, -0.2) is 91.1 Å². The van der Waals surface area contributed by atoms with Crippen molar-refractivity contribution in [1.29, 1.82) is 0 Å². The van der Waals surface area contributed by atoms with Crippen molar-refractivity contribution in [1.82, 2.24) is 20.0 Å². The van der Waals surface area contributed by atoms with Crippen molar-refractivity contribution in [3.8, 4) is 0 Å². The quantitative estimate of drug-likeness (QED) is 0.765. The van der Waals surface area contributed by atoms with Crippen LogP contribution in [0.5, 0.6) is 0 Å². The number of urea groups is 1. The van der Waals surface area contributed by atoms with E-state index in [-0.39, 0.29) is 24.6 Å². The molecule has 1 N–H and O–H groups in total. The zero-order chi connectivity index (χ0) is 19.7. The number of carbonyl (C=O) groups excluding carboxylic acids is 3. The van der Waals surface area contributed by atoms with Gasteiger partial charge in [0.15, 0.2) is 0 Å². The predicted octanol–water partition coefficient (Wildman–Crippen LogP) is 0.666. The molecule has 8 heteroatoms. The Morgan fingerprint density at radius 3 is 2.64 bits per heavy atom. The van der Waals surface area contributed by atoms with Gasteiger partial charge in [0.1, 0.15) is 6.61 Å². The molecular formula is C20H32N4O4. The second-order valence-electron chi connectivity index (χ2n) is 8.82. The standard InChI is InChI=1S/C20H32N4O4/c1-28-13-18(25)21-16-5-7-22(8-6-16)20(27)23-10-14-9-15(12-23)17-3-2-4-19(26)24(17)11-14/h14-17H,2-13H2,1H3,(H,21,25)/t14?,15?,17-/m1/s1. The van der Waals surface area contributed by atoms with Crippen molar-refractivity contribution < 1.29 is 19.1 Å². The minimum Gasteiger partial charge on any atom is -0.375 e. The van der Waals surface area contributed by atoms with E-state index in [4.69, 9.17) is 4.74 Å². The number of methoxy groups -OCH3 is 1. The van der Waals surface area contributed by atoms with Crippen LogP contribution in [0.15, 0.2) is 0 Å². The number of nitrogens with one attached hydrogen (secondary N) is 1. The van der Waals surface area contributed by atoms with Crippen LogP contribution >= 0.6 is 0 Å². The fraction of sp³-hybridized carbons (Fsp3) is 0.850. The summed E-state index contributed by atoms with van der Waals surface area (Å²) in [6.45, 7) is 3.78. The molecule has 4 aliphatic heterocycles. The van der Waals surface area contributed by atoms with Gasteiger partial charge in [-0.3, -0.25) is 9.59 Å². The van der Waals surface area contributed by atoms with Gasteiger partial charge in [0.05, 0.1) is 0 Å². The van der Waals surface area contributed by atoms with Crippen molar-refractivity contribution in [3.63, 3.8) is 0 Å². The first-order valence-electron chi connectivity index (χ1n) is 10.7. The van der Waals surface area contributed by atoms with Gasteiger partial charge in [-0.2, -0.15) is 0 Å². The number of piperidine rings is 4. The number of hydrogen-bond acceptors (Lipinski definition) is 4. The van der Waals surface area contributed by atoms with E-state index < -0.39 is 0 Å². The van der Waals surface area contributed by atoms with Gasteiger partial charge >= 0.3 is 6.03 Å². The van der Waals surface area contributed by atoms with E-state index in [1.807, 2.05) is 9.80 Å². The first-order chi connectivity index (χ1) is 13.5. The highest BCUT2D eigenvalue weighted by molar-refractivity contribution is 5.78. The fourth-order valence-corrected chi connectivity index (χ4v) is 5.58. The number of ether oxygens (including phenoxy) is 1. The van der Waals surface area contributed by atoms with E-state index in [1.165, 1.54) is 7.11 Å². The molecule has 4 rings (SSSR count). The average molecular weight is 393 g/mol. The maximum absolute atomic E-state index is 13.1. The fourth-order valence-electron chi connectivity index (χ4n) is 5.58. The number of fused-ring (bicyclic) bond motifs is 4. The molecule has 4 saturated heterocycles. The molecule has 0 aromatic carbocycles. The van der Waals surface area contributed by atoms with E-state index >= 15 is 0 Å². The summed E-state index contributed by atoms with van der Waals surface area (Å²) in [6, 6.07) is 0.580. The topological polar surface area (TPSA) is 82.2 Å². The van der Waals surface area contributed by atoms with Gasteiger partial charge in [-0.05, 0) is 43.9 Å². The van der Waals surface area contributed by atoms with Crippen LogP contribution in [0.25, 0.3) is 0 Å². The lowest BCUT2D eigenvalue weighted by Gasteiger charge is -2.53. The lowest BCUT2D eigenvalue weighted by Crippen LogP contribution is -2.62. The molecule has 4 heterocycles. The third-order valence-corrected chi connectivity index (χ3v) is 6.86. The first-order valence-corrected chi connectivity index (χ1v) is 10.7. The Kier molecular flexibility index (Phi) is 5.75. The Labute approximate surface area is 166 Å². The molecule has 8 nitrogen and oxygen atoms in total. The first kappa shape index (κ1) is 19.5. The second kappa shape index (κ2) is 8.27. The van der Waals surface area contributed by atoms with Crippen LogP contribution in [0.3, 0.4) is 0 Å². The van der Waals surface area contributed by atoms with E-state index in [9.17, 15) is 14.4 Å². The van der Waals surface area contributed by atoms with Gasteiger partial charge in [-0.25, -0.2) is 4.79 Å². The molecule has 156 valence electrons. The molecule has 0 radical (unpaired) electrons. The highest BCUT2D eigenvalue weighted by atomic mass is 16.5. The van der Waals surface area contributed by atoms with Gasteiger partial charge in [0, 0.05) is 58.3 Å². The highest BCUT2D eigenvalue weighted by Crippen LogP contribution is 2.38. The molecule has 2 unspecified atom stereocenters. The predicted molar refractivity (Wildman–Crippen MR) is 103 cm³/mol. The molecule has 4 amide bonds. The molecule has 0 spiro atoms. The van der Waals surface area contributed by atoms with Crippen molar-refractivity contribution in [2.45, 2.75) is 50.6 Å². The number of rotatable bonds is 3. The molecule has 2 bridgehead atoms. The van der Waals surface area contributed by atoms with Gasteiger partial charge in [-0.15, -0.1) is 0 Å². The SMILES string of the molecule is COCC(=O)NC1CCN(C(=O)N2CC3CC(C2)[C@H]2CCCC(=O)N2C3)CC1. The highest BCUT2D eigenvalue weighted by Gasteiger charge is 2.45. The minimum absolute atomic E-state index is 0.0797. The third kappa shape index (κ3) is 3.97. The van der Waals surface area contributed by atoms with Crippen molar-refractivity contribution in [2.75, 3.05) is 46.4 Å². The molecule has 3 atom stereocenters. The number of amides is 4. The summed E-state index contributed by atoms with van der Waals surface area (Å²) in [5.74, 6) is 1.05. The van der Waals surface area contributed by atoms with E-state index in [2.05, 4.69) is 10.2 Å². The number of carbonyl (C=O) groups is 3. The Morgan fingerprint density at radius 1 is 1.11 bits per heavy atom. The number of nitrogens with zero attached hydrogens (tertiary/aromatic N) is 3. The smallest absolute Gasteiger partial charge is 0.320 e. The van der Waals surface area contributed by atoms with Crippen LogP contribution in [-0.2, 0) is 14.3 Å².